The highest BCUT2D eigenvalue weighted by Crippen LogP contribution is 2.22. The first-order valence-electron chi connectivity index (χ1n) is 9.40. The van der Waals surface area contributed by atoms with Crippen molar-refractivity contribution in [2.75, 3.05) is 45.5 Å². The lowest BCUT2D eigenvalue weighted by atomic mass is 9.96. The van der Waals surface area contributed by atoms with Gasteiger partial charge < -0.3 is 9.80 Å². The van der Waals surface area contributed by atoms with E-state index in [2.05, 4.69) is 0 Å². The predicted molar refractivity (Wildman–Crippen MR) is 102 cm³/mol. The van der Waals surface area contributed by atoms with E-state index in [0.29, 0.717) is 58.5 Å². The Kier molecular flexibility index (Phi) is 6.16. The van der Waals surface area contributed by atoms with E-state index in [-0.39, 0.29) is 17.7 Å². The van der Waals surface area contributed by atoms with Crippen LogP contribution in [0.3, 0.4) is 0 Å². The summed E-state index contributed by atoms with van der Waals surface area (Å²) in [6.45, 7) is 3.02. The Balaban J connectivity index is 1.46. The fraction of sp³-hybridized carbons (Fsp3) is 0.579. The lowest BCUT2D eigenvalue weighted by Crippen LogP contribution is -2.53. The molecule has 1 aromatic carbocycles. The number of amides is 2. The Labute approximate surface area is 161 Å². The third kappa shape index (κ3) is 5.07. The number of rotatable bonds is 4. The molecule has 0 aromatic heterocycles. The number of hydrogen-bond donors (Lipinski definition) is 0. The number of hydrogen-bond acceptors (Lipinski definition) is 4. The zero-order valence-corrected chi connectivity index (χ0v) is 16.5. The molecule has 0 spiro atoms. The molecule has 27 heavy (non-hydrogen) atoms. The number of carbonyl (C=O) groups is 2. The summed E-state index contributed by atoms with van der Waals surface area (Å²) in [5.74, 6) is 0.0719. The SMILES string of the molecule is CS(=O)(=O)N1CCC(C(=O)N2CCN(C(=O)Cc3ccccc3)CC2)CC1. The molecule has 2 saturated heterocycles. The van der Waals surface area contributed by atoms with Crippen LogP contribution in [0.15, 0.2) is 30.3 Å². The first-order valence-corrected chi connectivity index (χ1v) is 11.2. The largest absolute Gasteiger partial charge is 0.339 e. The van der Waals surface area contributed by atoms with Crippen molar-refractivity contribution in [2.24, 2.45) is 5.92 Å². The number of piperidine rings is 1. The molecule has 0 N–H and O–H groups in total. The van der Waals surface area contributed by atoms with Crippen molar-refractivity contribution in [2.45, 2.75) is 19.3 Å². The molecule has 2 heterocycles. The molecule has 148 valence electrons. The molecule has 0 unspecified atom stereocenters. The minimum Gasteiger partial charge on any atom is -0.339 e. The average Bonchev–Trinajstić information content (AvgIpc) is 2.68. The van der Waals surface area contributed by atoms with Crippen LogP contribution in [0.1, 0.15) is 18.4 Å². The molecule has 0 saturated carbocycles. The number of sulfonamides is 1. The third-order valence-corrected chi connectivity index (χ3v) is 6.72. The van der Waals surface area contributed by atoms with E-state index < -0.39 is 10.0 Å². The number of benzene rings is 1. The maximum Gasteiger partial charge on any atom is 0.227 e. The van der Waals surface area contributed by atoms with Gasteiger partial charge in [0.05, 0.1) is 12.7 Å². The highest BCUT2D eigenvalue weighted by atomic mass is 32.2. The van der Waals surface area contributed by atoms with Gasteiger partial charge in [-0.25, -0.2) is 12.7 Å². The van der Waals surface area contributed by atoms with Crippen LogP contribution in [-0.2, 0) is 26.0 Å². The van der Waals surface area contributed by atoms with Gasteiger partial charge in [-0.15, -0.1) is 0 Å². The molecule has 7 nitrogen and oxygen atoms in total. The fourth-order valence-corrected chi connectivity index (χ4v) is 4.63. The van der Waals surface area contributed by atoms with E-state index >= 15 is 0 Å². The van der Waals surface area contributed by atoms with Gasteiger partial charge in [-0.3, -0.25) is 9.59 Å². The minimum atomic E-state index is -3.18. The van der Waals surface area contributed by atoms with Crippen LogP contribution in [0.4, 0.5) is 0 Å². The fourth-order valence-electron chi connectivity index (χ4n) is 3.75. The summed E-state index contributed by atoms with van der Waals surface area (Å²) in [4.78, 5) is 28.8. The van der Waals surface area contributed by atoms with E-state index in [0.717, 1.165) is 5.56 Å². The molecular weight excluding hydrogens is 366 g/mol. The Morgan fingerprint density at radius 1 is 0.926 bits per heavy atom. The molecule has 0 aliphatic carbocycles. The van der Waals surface area contributed by atoms with Gasteiger partial charge in [0.25, 0.3) is 0 Å². The van der Waals surface area contributed by atoms with E-state index in [4.69, 9.17) is 0 Å². The summed E-state index contributed by atoms with van der Waals surface area (Å²) in [5, 5.41) is 0. The van der Waals surface area contributed by atoms with Crippen LogP contribution in [0, 0.1) is 5.92 Å². The number of nitrogens with zero attached hydrogens (tertiary/aromatic N) is 3. The minimum absolute atomic E-state index is 0.0924. The highest BCUT2D eigenvalue weighted by molar-refractivity contribution is 7.88. The second-order valence-electron chi connectivity index (χ2n) is 7.30. The number of piperazine rings is 1. The third-order valence-electron chi connectivity index (χ3n) is 5.41. The van der Waals surface area contributed by atoms with Gasteiger partial charge in [0.15, 0.2) is 0 Å². The molecule has 2 amide bonds. The van der Waals surface area contributed by atoms with E-state index in [1.807, 2.05) is 40.1 Å². The van der Waals surface area contributed by atoms with Gasteiger partial charge in [-0.1, -0.05) is 30.3 Å². The van der Waals surface area contributed by atoms with Crippen molar-refractivity contribution in [3.8, 4) is 0 Å². The van der Waals surface area contributed by atoms with Crippen LogP contribution in [-0.4, -0.2) is 79.9 Å². The average molecular weight is 394 g/mol. The molecule has 3 rings (SSSR count). The second-order valence-corrected chi connectivity index (χ2v) is 9.29. The van der Waals surface area contributed by atoms with Crippen LogP contribution < -0.4 is 0 Å². The van der Waals surface area contributed by atoms with Crippen LogP contribution >= 0.6 is 0 Å². The normalized spacial score (nSPS) is 19.9. The molecule has 1 aromatic rings. The Morgan fingerprint density at radius 2 is 1.48 bits per heavy atom. The van der Waals surface area contributed by atoms with Gasteiger partial charge in [0.1, 0.15) is 0 Å². The highest BCUT2D eigenvalue weighted by Gasteiger charge is 2.33. The van der Waals surface area contributed by atoms with Gasteiger partial charge in [-0.05, 0) is 18.4 Å². The standard InChI is InChI=1S/C19H27N3O4S/c1-27(25,26)22-9-7-17(8-10-22)19(24)21-13-11-20(12-14-21)18(23)15-16-5-3-2-4-6-16/h2-6,17H,7-15H2,1H3. The summed E-state index contributed by atoms with van der Waals surface area (Å²) < 4.78 is 24.6. The van der Waals surface area contributed by atoms with Gasteiger partial charge >= 0.3 is 0 Å². The lowest BCUT2D eigenvalue weighted by Gasteiger charge is -2.38. The second kappa shape index (κ2) is 8.39. The van der Waals surface area contributed by atoms with Crippen LogP contribution in [0.25, 0.3) is 0 Å². The Hall–Kier alpha value is -1.93. The molecule has 2 aliphatic heterocycles. The lowest BCUT2D eigenvalue weighted by molar-refractivity contribution is -0.142. The first-order chi connectivity index (χ1) is 12.8. The Bertz CT molecular complexity index is 765. The van der Waals surface area contributed by atoms with Crippen LogP contribution in [0.5, 0.6) is 0 Å². The molecule has 0 atom stereocenters. The Morgan fingerprint density at radius 3 is 2.04 bits per heavy atom. The molecule has 2 aliphatic rings. The summed E-state index contributed by atoms with van der Waals surface area (Å²) in [5.41, 5.74) is 0.999. The molecule has 2 fully saturated rings. The topological polar surface area (TPSA) is 78.0 Å². The predicted octanol–water partition coefficient (Wildman–Crippen LogP) is 0.572. The number of carbonyl (C=O) groups excluding carboxylic acids is 2. The summed E-state index contributed by atoms with van der Waals surface area (Å²) in [7, 11) is -3.18. The smallest absolute Gasteiger partial charge is 0.227 e. The van der Waals surface area contributed by atoms with Crippen molar-refractivity contribution in [1.82, 2.24) is 14.1 Å². The van der Waals surface area contributed by atoms with E-state index in [9.17, 15) is 18.0 Å². The maximum absolute atomic E-state index is 12.7. The summed E-state index contributed by atoms with van der Waals surface area (Å²) in [6, 6.07) is 9.67. The zero-order chi connectivity index (χ0) is 19.4. The summed E-state index contributed by atoms with van der Waals surface area (Å²) in [6.07, 6.45) is 2.73. The van der Waals surface area contributed by atoms with Crippen molar-refractivity contribution in [3.05, 3.63) is 35.9 Å². The first kappa shape index (κ1) is 19.8. The van der Waals surface area contributed by atoms with E-state index in [1.54, 1.807) is 0 Å². The quantitative estimate of drug-likeness (QED) is 0.749. The van der Waals surface area contributed by atoms with Gasteiger partial charge in [0, 0.05) is 45.2 Å². The van der Waals surface area contributed by atoms with Gasteiger partial charge in [-0.2, -0.15) is 0 Å². The van der Waals surface area contributed by atoms with Crippen molar-refractivity contribution in [1.29, 1.82) is 0 Å². The van der Waals surface area contributed by atoms with Crippen molar-refractivity contribution < 1.29 is 18.0 Å². The zero-order valence-electron chi connectivity index (χ0n) is 15.7. The molecule has 8 heteroatoms. The van der Waals surface area contributed by atoms with Gasteiger partial charge in [0.2, 0.25) is 21.8 Å². The molecule has 0 radical (unpaired) electrons. The van der Waals surface area contributed by atoms with Crippen molar-refractivity contribution in [3.63, 3.8) is 0 Å². The summed E-state index contributed by atoms with van der Waals surface area (Å²) >= 11 is 0. The molecular formula is C19H27N3O4S. The maximum atomic E-state index is 12.7. The van der Waals surface area contributed by atoms with Crippen LogP contribution in [0.2, 0.25) is 0 Å². The van der Waals surface area contributed by atoms with Crippen molar-refractivity contribution >= 4 is 21.8 Å². The van der Waals surface area contributed by atoms with E-state index in [1.165, 1.54) is 10.6 Å². The monoisotopic (exact) mass is 393 g/mol. The molecule has 0 bridgehead atoms.